The van der Waals surface area contributed by atoms with Gasteiger partial charge in [-0.2, -0.15) is 0 Å². The van der Waals surface area contributed by atoms with Crippen LogP contribution in [-0.4, -0.2) is 16.1 Å². The maximum Gasteiger partial charge on any atom is 0.257 e. The van der Waals surface area contributed by atoms with Crippen LogP contribution in [0.5, 0.6) is 0 Å². The summed E-state index contributed by atoms with van der Waals surface area (Å²) in [7, 11) is 0. The first-order valence-electron chi connectivity index (χ1n) is 8.45. The molecule has 0 spiro atoms. The van der Waals surface area contributed by atoms with Gasteiger partial charge in [0.15, 0.2) is 4.34 Å². The van der Waals surface area contributed by atoms with E-state index in [1.165, 1.54) is 22.5 Å². The van der Waals surface area contributed by atoms with E-state index >= 15 is 0 Å². The van der Waals surface area contributed by atoms with Gasteiger partial charge in [-0.05, 0) is 35.6 Å². The van der Waals surface area contributed by atoms with Gasteiger partial charge >= 0.3 is 0 Å². The summed E-state index contributed by atoms with van der Waals surface area (Å²) in [6, 6.07) is 16.2. The molecule has 0 radical (unpaired) electrons. The topological polar surface area (TPSA) is 54.9 Å². The van der Waals surface area contributed by atoms with E-state index < -0.39 is 0 Å². The van der Waals surface area contributed by atoms with Crippen LogP contribution in [0.4, 0.5) is 5.13 Å². The molecule has 0 saturated heterocycles. The molecule has 0 unspecified atom stereocenters. The molecule has 26 heavy (non-hydrogen) atoms. The maximum atomic E-state index is 12.3. The number of nitrogens with zero attached hydrogens (tertiary/aromatic N) is 2. The van der Waals surface area contributed by atoms with Crippen LogP contribution in [0.2, 0.25) is 0 Å². The summed E-state index contributed by atoms with van der Waals surface area (Å²) < 4.78 is 0.845. The second kappa shape index (κ2) is 8.47. The Morgan fingerprint density at radius 3 is 2.54 bits per heavy atom. The highest BCUT2D eigenvalue weighted by Crippen LogP contribution is 2.29. The van der Waals surface area contributed by atoms with Crippen LogP contribution in [0.1, 0.15) is 46.8 Å². The predicted octanol–water partition coefficient (Wildman–Crippen LogP) is 5.51. The molecular formula is C20H21N3OS2. The Balaban J connectivity index is 1.58. The number of rotatable bonds is 6. The minimum atomic E-state index is -0.153. The van der Waals surface area contributed by atoms with Crippen LogP contribution in [0.15, 0.2) is 52.9 Å². The monoisotopic (exact) mass is 383 g/mol. The van der Waals surface area contributed by atoms with Crippen molar-refractivity contribution in [2.24, 2.45) is 0 Å². The minimum absolute atomic E-state index is 0.153. The first-order chi connectivity index (χ1) is 12.5. The predicted molar refractivity (Wildman–Crippen MR) is 109 cm³/mol. The standard InChI is InChI=1S/C20H21N3OS2/c1-13(2)16-10-8-15(9-11-16)12-25-20-23-22-19(26-20)21-18(24)17-7-5-4-6-14(17)3/h4-11,13H,12H2,1-3H3,(H,21,22,24). The van der Waals surface area contributed by atoms with E-state index in [1.807, 2.05) is 31.2 Å². The van der Waals surface area contributed by atoms with Crippen molar-refractivity contribution in [3.63, 3.8) is 0 Å². The van der Waals surface area contributed by atoms with E-state index in [1.54, 1.807) is 11.8 Å². The smallest absolute Gasteiger partial charge is 0.257 e. The van der Waals surface area contributed by atoms with Gasteiger partial charge in [0.25, 0.3) is 5.91 Å². The molecule has 4 nitrogen and oxygen atoms in total. The molecule has 0 bridgehead atoms. The Morgan fingerprint density at radius 2 is 1.85 bits per heavy atom. The summed E-state index contributed by atoms with van der Waals surface area (Å²) in [5, 5.41) is 11.6. The Kier molecular flexibility index (Phi) is 6.06. The molecule has 0 saturated carbocycles. The molecule has 3 aromatic rings. The van der Waals surface area contributed by atoms with E-state index in [4.69, 9.17) is 0 Å². The molecule has 0 aliphatic rings. The summed E-state index contributed by atoms with van der Waals surface area (Å²) in [4.78, 5) is 12.3. The van der Waals surface area contributed by atoms with Gasteiger partial charge in [0.05, 0.1) is 0 Å². The van der Waals surface area contributed by atoms with Crippen molar-refractivity contribution in [3.8, 4) is 0 Å². The van der Waals surface area contributed by atoms with Crippen molar-refractivity contribution in [1.29, 1.82) is 0 Å². The van der Waals surface area contributed by atoms with Crippen molar-refractivity contribution < 1.29 is 4.79 Å². The van der Waals surface area contributed by atoms with E-state index in [0.717, 1.165) is 15.7 Å². The zero-order valence-electron chi connectivity index (χ0n) is 15.0. The van der Waals surface area contributed by atoms with Crippen molar-refractivity contribution in [3.05, 3.63) is 70.8 Å². The molecular weight excluding hydrogens is 362 g/mol. The summed E-state index contributed by atoms with van der Waals surface area (Å²) in [5.74, 6) is 1.22. The number of thioether (sulfide) groups is 1. The van der Waals surface area contributed by atoms with E-state index in [9.17, 15) is 4.79 Å². The molecule has 1 N–H and O–H groups in total. The van der Waals surface area contributed by atoms with Gasteiger partial charge in [0.2, 0.25) is 5.13 Å². The number of amides is 1. The largest absolute Gasteiger partial charge is 0.296 e. The lowest BCUT2D eigenvalue weighted by molar-refractivity contribution is 0.102. The summed E-state index contributed by atoms with van der Waals surface area (Å²) in [5.41, 5.74) is 4.19. The van der Waals surface area contributed by atoms with Crippen LogP contribution in [0.3, 0.4) is 0 Å². The first kappa shape index (κ1) is 18.6. The fraction of sp³-hybridized carbons (Fsp3) is 0.250. The average Bonchev–Trinajstić information content (AvgIpc) is 3.08. The number of hydrogen-bond acceptors (Lipinski definition) is 5. The van der Waals surface area contributed by atoms with Crippen LogP contribution >= 0.6 is 23.1 Å². The number of hydrogen-bond donors (Lipinski definition) is 1. The van der Waals surface area contributed by atoms with Gasteiger partial charge in [-0.15, -0.1) is 10.2 Å². The molecule has 1 heterocycles. The fourth-order valence-electron chi connectivity index (χ4n) is 2.45. The Labute approximate surface area is 162 Å². The SMILES string of the molecule is Cc1ccccc1C(=O)Nc1nnc(SCc2ccc(C(C)C)cc2)s1. The van der Waals surface area contributed by atoms with Crippen molar-refractivity contribution in [1.82, 2.24) is 10.2 Å². The second-order valence-electron chi connectivity index (χ2n) is 6.33. The number of nitrogens with one attached hydrogen (secondary N) is 1. The lowest BCUT2D eigenvalue weighted by Crippen LogP contribution is -2.12. The summed E-state index contributed by atoms with van der Waals surface area (Å²) in [6.45, 7) is 6.30. The quantitative estimate of drug-likeness (QED) is 0.450. The highest BCUT2D eigenvalue weighted by Gasteiger charge is 2.12. The van der Waals surface area contributed by atoms with Crippen LogP contribution in [0, 0.1) is 6.92 Å². The van der Waals surface area contributed by atoms with Gasteiger partial charge in [-0.25, -0.2) is 0 Å². The van der Waals surface area contributed by atoms with Crippen LogP contribution < -0.4 is 5.32 Å². The number of aromatic nitrogens is 2. The zero-order valence-corrected chi connectivity index (χ0v) is 16.7. The molecule has 6 heteroatoms. The third-order valence-corrected chi connectivity index (χ3v) is 6.07. The Morgan fingerprint density at radius 1 is 1.12 bits per heavy atom. The van der Waals surface area contributed by atoms with Crippen molar-refractivity contribution in [2.75, 3.05) is 5.32 Å². The molecule has 0 aliphatic carbocycles. The molecule has 0 fully saturated rings. The lowest BCUT2D eigenvalue weighted by atomic mass is 10.0. The molecule has 3 rings (SSSR count). The molecule has 0 atom stereocenters. The number of carbonyl (C=O) groups excluding carboxylic acids is 1. The van der Waals surface area contributed by atoms with Gasteiger partial charge < -0.3 is 0 Å². The molecule has 1 amide bonds. The normalized spacial score (nSPS) is 10.9. The number of aryl methyl sites for hydroxylation is 1. The summed E-state index contributed by atoms with van der Waals surface area (Å²) in [6.07, 6.45) is 0. The number of benzene rings is 2. The van der Waals surface area contributed by atoms with Crippen molar-refractivity contribution >= 4 is 34.1 Å². The maximum absolute atomic E-state index is 12.3. The molecule has 1 aromatic heterocycles. The second-order valence-corrected chi connectivity index (χ2v) is 8.53. The zero-order chi connectivity index (χ0) is 18.5. The molecule has 2 aromatic carbocycles. The Hall–Kier alpha value is -2.18. The van der Waals surface area contributed by atoms with Gasteiger partial charge in [-0.1, -0.05) is 79.4 Å². The summed E-state index contributed by atoms with van der Waals surface area (Å²) >= 11 is 3.03. The molecule has 0 aliphatic heterocycles. The Bertz CT molecular complexity index is 888. The van der Waals surface area contributed by atoms with E-state index in [-0.39, 0.29) is 5.91 Å². The van der Waals surface area contributed by atoms with Crippen LogP contribution in [0.25, 0.3) is 0 Å². The van der Waals surface area contributed by atoms with E-state index in [0.29, 0.717) is 16.6 Å². The highest BCUT2D eigenvalue weighted by molar-refractivity contribution is 8.00. The third kappa shape index (κ3) is 4.71. The minimum Gasteiger partial charge on any atom is -0.296 e. The molecule has 134 valence electrons. The number of anilines is 1. The van der Waals surface area contributed by atoms with E-state index in [2.05, 4.69) is 53.6 Å². The van der Waals surface area contributed by atoms with Gasteiger partial charge in [0.1, 0.15) is 0 Å². The highest BCUT2D eigenvalue weighted by atomic mass is 32.2. The van der Waals surface area contributed by atoms with Gasteiger partial charge in [0, 0.05) is 11.3 Å². The third-order valence-electron chi connectivity index (χ3n) is 4.03. The lowest BCUT2D eigenvalue weighted by Gasteiger charge is -2.06. The van der Waals surface area contributed by atoms with Crippen LogP contribution in [-0.2, 0) is 5.75 Å². The van der Waals surface area contributed by atoms with Gasteiger partial charge in [-0.3, -0.25) is 10.1 Å². The average molecular weight is 384 g/mol. The fourth-order valence-corrected chi connectivity index (χ4v) is 4.16. The van der Waals surface area contributed by atoms with Crippen molar-refractivity contribution in [2.45, 2.75) is 36.8 Å². The number of carbonyl (C=O) groups is 1. The first-order valence-corrected chi connectivity index (χ1v) is 10.3.